The molecule has 0 spiro atoms. The van der Waals surface area contributed by atoms with E-state index in [1.165, 1.54) is 0 Å². The van der Waals surface area contributed by atoms with Crippen molar-refractivity contribution in [1.82, 2.24) is 15.5 Å². The summed E-state index contributed by atoms with van der Waals surface area (Å²) in [6.07, 6.45) is 8.21. The fourth-order valence-electron chi connectivity index (χ4n) is 2.86. The second kappa shape index (κ2) is 3.91. The van der Waals surface area contributed by atoms with E-state index in [0.717, 1.165) is 18.4 Å². The molecule has 2 aliphatic rings. The van der Waals surface area contributed by atoms with Gasteiger partial charge in [0.2, 0.25) is 5.91 Å². The third-order valence-corrected chi connectivity index (χ3v) is 3.82. The van der Waals surface area contributed by atoms with Gasteiger partial charge in [0.25, 0.3) is 0 Å². The van der Waals surface area contributed by atoms with Crippen LogP contribution in [0, 0.1) is 17.8 Å². The van der Waals surface area contributed by atoms with Crippen molar-refractivity contribution >= 4 is 11.7 Å². The van der Waals surface area contributed by atoms with Gasteiger partial charge in [-0.2, -0.15) is 5.10 Å². The normalized spacial score (nSPS) is 29.8. The van der Waals surface area contributed by atoms with Crippen LogP contribution < -0.4 is 11.1 Å². The fourth-order valence-corrected chi connectivity index (χ4v) is 2.86. The maximum absolute atomic E-state index is 12.0. The van der Waals surface area contributed by atoms with E-state index in [1.807, 2.05) is 0 Å². The molecule has 5 nitrogen and oxygen atoms in total. The van der Waals surface area contributed by atoms with Gasteiger partial charge in [-0.25, -0.2) is 0 Å². The van der Waals surface area contributed by atoms with Gasteiger partial charge in [0.1, 0.15) is 5.82 Å². The quantitative estimate of drug-likeness (QED) is 0.675. The summed E-state index contributed by atoms with van der Waals surface area (Å²) in [5.41, 5.74) is 6.50. The Bertz CT molecular complexity index is 465. The summed E-state index contributed by atoms with van der Waals surface area (Å²) in [7, 11) is 0. The van der Waals surface area contributed by atoms with Crippen LogP contribution in [-0.2, 0) is 11.3 Å². The molecular weight excluding hydrogens is 216 g/mol. The van der Waals surface area contributed by atoms with Gasteiger partial charge in [0.15, 0.2) is 0 Å². The number of aromatic nitrogens is 2. The van der Waals surface area contributed by atoms with Gasteiger partial charge in [-0.15, -0.1) is 0 Å². The second-order valence-corrected chi connectivity index (χ2v) is 4.91. The van der Waals surface area contributed by atoms with Crippen LogP contribution >= 0.6 is 0 Å². The molecule has 3 atom stereocenters. The van der Waals surface area contributed by atoms with Crippen LogP contribution in [0.15, 0.2) is 18.3 Å². The minimum absolute atomic E-state index is 0.141. The zero-order chi connectivity index (χ0) is 11.8. The zero-order valence-electron chi connectivity index (χ0n) is 9.52. The number of amides is 1. The molecular formula is C12H16N4O. The van der Waals surface area contributed by atoms with Crippen molar-refractivity contribution in [3.05, 3.63) is 23.9 Å². The Morgan fingerprint density at radius 3 is 3.00 bits per heavy atom. The van der Waals surface area contributed by atoms with Crippen molar-refractivity contribution in [2.24, 2.45) is 17.8 Å². The SMILES string of the molecule is Nc1[nH]ncc1CNC(=O)C1CC2C=CC1C2. The molecule has 1 heterocycles. The number of fused-ring (bicyclic) bond motifs is 2. The van der Waals surface area contributed by atoms with E-state index < -0.39 is 0 Å². The van der Waals surface area contributed by atoms with Crippen molar-refractivity contribution in [2.45, 2.75) is 19.4 Å². The predicted octanol–water partition coefficient (Wildman–Crippen LogP) is 0.820. The highest BCUT2D eigenvalue weighted by atomic mass is 16.1. The molecule has 2 bridgehead atoms. The Morgan fingerprint density at radius 2 is 2.41 bits per heavy atom. The lowest BCUT2D eigenvalue weighted by Gasteiger charge is -2.17. The van der Waals surface area contributed by atoms with Crippen LogP contribution in [0.4, 0.5) is 5.82 Å². The Balaban J connectivity index is 1.58. The number of aromatic amines is 1. The summed E-state index contributed by atoms with van der Waals surface area (Å²) in [6, 6.07) is 0. The van der Waals surface area contributed by atoms with Gasteiger partial charge in [0, 0.05) is 18.0 Å². The number of anilines is 1. The molecule has 1 aromatic rings. The molecule has 0 radical (unpaired) electrons. The van der Waals surface area contributed by atoms with Gasteiger partial charge in [-0.05, 0) is 24.7 Å². The number of allylic oxidation sites excluding steroid dienone is 2. The number of carbonyl (C=O) groups excluding carboxylic acids is 1. The highest BCUT2D eigenvalue weighted by Crippen LogP contribution is 2.43. The third-order valence-electron chi connectivity index (χ3n) is 3.82. The average molecular weight is 232 g/mol. The lowest BCUT2D eigenvalue weighted by atomic mass is 9.93. The average Bonchev–Trinajstić information content (AvgIpc) is 3.01. The summed E-state index contributed by atoms with van der Waals surface area (Å²) in [5.74, 6) is 1.88. The Hall–Kier alpha value is -1.78. The van der Waals surface area contributed by atoms with Crippen LogP contribution in [0.3, 0.4) is 0 Å². The fraction of sp³-hybridized carbons (Fsp3) is 0.500. The van der Waals surface area contributed by atoms with Gasteiger partial charge in [0.05, 0.1) is 6.20 Å². The van der Waals surface area contributed by atoms with Crippen LogP contribution in [-0.4, -0.2) is 16.1 Å². The van der Waals surface area contributed by atoms with Crippen molar-refractivity contribution in [3.63, 3.8) is 0 Å². The molecule has 3 rings (SSSR count). The molecule has 1 fully saturated rings. The minimum atomic E-state index is 0.141. The molecule has 2 aliphatic carbocycles. The molecule has 3 unspecified atom stereocenters. The van der Waals surface area contributed by atoms with Crippen molar-refractivity contribution in [3.8, 4) is 0 Å². The topological polar surface area (TPSA) is 83.8 Å². The van der Waals surface area contributed by atoms with Crippen LogP contribution in [0.5, 0.6) is 0 Å². The van der Waals surface area contributed by atoms with Crippen LogP contribution in [0.1, 0.15) is 18.4 Å². The van der Waals surface area contributed by atoms with E-state index in [4.69, 9.17) is 5.73 Å². The number of carbonyl (C=O) groups is 1. The van der Waals surface area contributed by atoms with Gasteiger partial charge in [-0.3, -0.25) is 9.89 Å². The summed E-state index contributed by atoms with van der Waals surface area (Å²) in [4.78, 5) is 12.0. The van der Waals surface area contributed by atoms with Crippen molar-refractivity contribution in [1.29, 1.82) is 0 Å². The van der Waals surface area contributed by atoms with E-state index in [2.05, 4.69) is 27.7 Å². The van der Waals surface area contributed by atoms with Crippen LogP contribution in [0.2, 0.25) is 0 Å². The third kappa shape index (κ3) is 1.81. The number of hydrogen-bond donors (Lipinski definition) is 3. The molecule has 4 N–H and O–H groups in total. The van der Waals surface area contributed by atoms with E-state index in [9.17, 15) is 4.79 Å². The second-order valence-electron chi connectivity index (χ2n) is 4.91. The van der Waals surface area contributed by atoms with Crippen molar-refractivity contribution in [2.75, 3.05) is 5.73 Å². The lowest BCUT2D eigenvalue weighted by Crippen LogP contribution is -2.32. The number of nitrogens with zero attached hydrogens (tertiary/aromatic N) is 1. The van der Waals surface area contributed by atoms with Gasteiger partial charge >= 0.3 is 0 Å². The first kappa shape index (κ1) is 10.4. The van der Waals surface area contributed by atoms with E-state index >= 15 is 0 Å². The number of hydrogen-bond acceptors (Lipinski definition) is 3. The molecule has 0 aliphatic heterocycles. The number of nitrogen functional groups attached to an aromatic ring is 1. The van der Waals surface area contributed by atoms with Crippen molar-refractivity contribution < 1.29 is 4.79 Å². The van der Waals surface area contributed by atoms with Crippen LogP contribution in [0.25, 0.3) is 0 Å². The molecule has 1 amide bonds. The van der Waals surface area contributed by atoms with Gasteiger partial charge < -0.3 is 11.1 Å². The smallest absolute Gasteiger partial charge is 0.223 e. The first-order valence-electron chi connectivity index (χ1n) is 5.98. The Morgan fingerprint density at radius 1 is 1.53 bits per heavy atom. The standard InChI is InChI=1S/C12H16N4O/c13-11-9(6-15-16-11)5-14-12(17)10-4-7-1-2-8(10)3-7/h1-2,6-8,10H,3-5H2,(H,14,17)(H3,13,15,16). The highest BCUT2D eigenvalue weighted by molar-refractivity contribution is 5.80. The maximum atomic E-state index is 12.0. The molecule has 1 saturated carbocycles. The summed E-state index contributed by atoms with van der Waals surface area (Å²) in [5, 5.41) is 9.42. The molecule has 17 heavy (non-hydrogen) atoms. The predicted molar refractivity (Wildman–Crippen MR) is 63.7 cm³/mol. The molecule has 0 saturated heterocycles. The first-order valence-corrected chi connectivity index (χ1v) is 5.98. The molecule has 90 valence electrons. The number of rotatable bonds is 3. The number of H-pyrrole nitrogens is 1. The monoisotopic (exact) mass is 232 g/mol. The molecule has 0 aromatic carbocycles. The lowest BCUT2D eigenvalue weighted by molar-refractivity contribution is -0.125. The van der Waals surface area contributed by atoms with E-state index in [-0.39, 0.29) is 11.8 Å². The van der Waals surface area contributed by atoms with E-state index in [0.29, 0.717) is 24.2 Å². The summed E-state index contributed by atoms with van der Waals surface area (Å²) in [6.45, 7) is 0.457. The first-order chi connectivity index (χ1) is 8.24. The Labute approximate surface area is 99.5 Å². The zero-order valence-corrected chi connectivity index (χ0v) is 9.52. The maximum Gasteiger partial charge on any atom is 0.223 e. The molecule has 1 aromatic heterocycles. The minimum Gasteiger partial charge on any atom is -0.384 e. The Kier molecular flexibility index (Phi) is 2.39. The number of nitrogens with one attached hydrogen (secondary N) is 2. The molecule has 5 heteroatoms. The van der Waals surface area contributed by atoms with Gasteiger partial charge in [-0.1, -0.05) is 12.2 Å². The highest BCUT2D eigenvalue weighted by Gasteiger charge is 2.39. The summed E-state index contributed by atoms with van der Waals surface area (Å²) < 4.78 is 0. The number of nitrogens with two attached hydrogens (primary N) is 1. The van der Waals surface area contributed by atoms with E-state index in [1.54, 1.807) is 6.20 Å². The summed E-state index contributed by atoms with van der Waals surface area (Å²) >= 11 is 0. The largest absolute Gasteiger partial charge is 0.384 e.